The van der Waals surface area contributed by atoms with Crippen molar-refractivity contribution in [2.45, 2.75) is 25.4 Å². The van der Waals surface area contributed by atoms with Gasteiger partial charge in [-0.1, -0.05) is 12.2 Å². The second kappa shape index (κ2) is 4.55. The summed E-state index contributed by atoms with van der Waals surface area (Å²) >= 11 is 4.87. The van der Waals surface area contributed by atoms with E-state index in [2.05, 4.69) is 33.1 Å². The smallest absolute Gasteiger partial charge is 0.122 e. The molecular weight excluding hydrogens is 262 g/mol. The van der Waals surface area contributed by atoms with E-state index in [9.17, 15) is 5.11 Å². The summed E-state index contributed by atoms with van der Waals surface area (Å²) in [6.45, 7) is 0. The van der Waals surface area contributed by atoms with Gasteiger partial charge in [0.2, 0.25) is 0 Å². The Labute approximate surface area is 95.8 Å². The zero-order valence-corrected chi connectivity index (χ0v) is 10.1. The van der Waals surface area contributed by atoms with Crippen LogP contribution in [-0.4, -0.2) is 10.1 Å². The van der Waals surface area contributed by atoms with E-state index in [0.29, 0.717) is 5.92 Å². The van der Waals surface area contributed by atoms with Crippen molar-refractivity contribution in [1.82, 2.24) is 4.98 Å². The second-order valence-electron chi connectivity index (χ2n) is 3.50. The van der Waals surface area contributed by atoms with Crippen LogP contribution in [0.15, 0.2) is 22.3 Å². The maximum Gasteiger partial charge on any atom is 0.122 e. The summed E-state index contributed by atoms with van der Waals surface area (Å²) in [4.78, 5) is 5.05. The van der Waals surface area contributed by atoms with Crippen molar-refractivity contribution in [3.63, 3.8) is 0 Å². The van der Waals surface area contributed by atoms with Crippen LogP contribution in [0.4, 0.5) is 0 Å². The second-order valence-corrected chi connectivity index (χ2v) is 5.13. The Balaban J connectivity index is 2.11. The van der Waals surface area contributed by atoms with E-state index in [4.69, 9.17) is 0 Å². The van der Waals surface area contributed by atoms with Gasteiger partial charge in [0, 0.05) is 0 Å². The minimum atomic E-state index is -0.359. The maximum absolute atomic E-state index is 10.1. The van der Waals surface area contributed by atoms with Crippen molar-refractivity contribution in [1.29, 1.82) is 0 Å². The number of nitrogens with zero attached hydrogens (tertiary/aromatic N) is 1. The van der Waals surface area contributed by atoms with Crippen LogP contribution in [0, 0.1) is 5.92 Å². The van der Waals surface area contributed by atoms with E-state index in [0.717, 1.165) is 28.7 Å². The molecule has 0 aliphatic heterocycles. The first-order valence-corrected chi connectivity index (χ1v) is 6.38. The molecule has 1 aromatic heterocycles. The molecule has 0 saturated carbocycles. The summed E-state index contributed by atoms with van der Waals surface area (Å²) in [7, 11) is 0. The lowest BCUT2D eigenvalue weighted by atomic mass is 9.89. The van der Waals surface area contributed by atoms with E-state index in [-0.39, 0.29) is 6.10 Å². The van der Waals surface area contributed by atoms with E-state index in [1.807, 2.05) is 0 Å². The monoisotopic (exact) mass is 273 g/mol. The molecule has 0 bridgehead atoms. The Hall–Kier alpha value is -0.190. The fourth-order valence-corrected chi connectivity index (χ4v) is 3.26. The van der Waals surface area contributed by atoms with E-state index in [1.54, 1.807) is 5.51 Å². The molecule has 0 radical (unpaired) electrons. The molecule has 1 aromatic rings. The van der Waals surface area contributed by atoms with Gasteiger partial charge in [-0.2, -0.15) is 0 Å². The standard InChI is InChI=1S/C10H12BrNOS/c11-10-9(14-6-12-10)8(13)7-4-2-1-3-5-7/h1-2,6-8,13H,3-5H2. The number of hydrogen-bond donors (Lipinski definition) is 1. The highest BCUT2D eigenvalue weighted by Gasteiger charge is 2.24. The molecule has 1 heterocycles. The molecule has 0 saturated heterocycles. The predicted octanol–water partition coefficient (Wildman–Crippen LogP) is 3.30. The van der Waals surface area contributed by atoms with Gasteiger partial charge < -0.3 is 5.11 Å². The zero-order valence-electron chi connectivity index (χ0n) is 7.69. The normalized spacial score (nSPS) is 23.7. The molecule has 76 valence electrons. The molecule has 0 spiro atoms. The van der Waals surface area contributed by atoms with Crippen LogP contribution < -0.4 is 0 Å². The average Bonchev–Trinajstić information content (AvgIpc) is 2.65. The Morgan fingerprint density at radius 3 is 3.00 bits per heavy atom. The summed E-state index contributed by atoms with van der Waals surface area (Å²) in [6, 6.07) is 0. The molecule has 0 fully saturated rings. The van der Waals surface area contributed by atoms with Crippen molar-refractivity contribution >= 4 is 27.3 Å². The number of hydrogen-bond acceptors (Lipinski definition) is 3. The Kier molecular flexibility index (Phi) is 3.36. The first kappa shape index (κ1) is 10.3. The lowest BCUT2D eigenvalue weighted by molar-refractivity contribution is 0.105. The molecule has 14 heavy (non-hydrogen) atoms. The number of thiazole rings is 1. The van der Waals surface area contributed by atoms with Crippen LogP contribution in [-0.2, 0) is 0 Å². The number of allylic oxidation sites excluding steroid dienone is 2. The molecule has 1 N–H and O–H groups in total. The van der Waals surface area contributed by atoms with E-state index in [1.165, 1.54) is 11.3 Å². The quantitative estimate of drug-likeness (QED) is 0.839. The molecule has 0 amide bonds. The maximum atomic E-state index is 10.1. The highest BCUT2D eigenvalue weighted by Crippen LogP contribution is 2.36. The lowest BCUT2D eigenvalue weighted by Crippen LogP contribution is -2.13. The fraction of sp³-hybridized carbons (Fsp3) is 0.500. The summed E-state index contributed by atoms with van der Waals surface area (Å²) in [5.41, 5.74) is 1.77. The Morgan fingerprint density at radius 2 is 2.43 bits per heavy atom. The van der Waals surface area contributed by atoms with Crippen LogP contribution in [0.2, 0.25) is 0 Å². The van der Waals surface area contributed by atoms with Gasteiger partial charge in [0.05, 0.1) is 16.5 Å². The third-order valence-corrected chi connectivity index (χ3v) is 4.37. The lowest BCUT2D eigenvalue weighted by Gasteiger charge is -2.22. The highest BCUT2D eigenvalue weighted by molar-refractivity contribution is 9.10. The largest absolute Gasteiger partial charge is 0.387 e. The number of rotatable bonds is 2. The van der Waals surface area contributed by atoms with Gasteiger partial charge in [0.1, 0.15) is 4.60 Å². The van der Waals surface area contributed by atoms with Crippen molar-refractivity contribution in [2.75, 3.05) is 0 Å². The molecule has 2 nitrogen and oxygen atoms in total. The van der Waals surface area contributed by atoms with Crippen molar-refractivity contribution in [2.24, 2.45) is 5.92 Å². The van der Waals surface area contributed by atoms with Crippen molar-refractivity contribution < 1.29 is 5.11 Å². The van der Waals surface area contributed by atoms with Crippen LogP contribution >= 0.6 is 27.3 Å². The molecule has 2 atom stereocenters. The summed E-state index contributed by atoms with van der Waals surface area (Å²) in [6.07, 6.45) is 7.12. The topological polar surface area (TPSA) is 33.1 Å². The van der Waals surface area contributed by atoms with Crippen LogP contribution in [0.3, 0.4) is 0 Å². The summed E-state index contributed by atoms with van der Waals surface area (Å²) < 4.78 is 0.796. The molecule has 0 aromatic carbocycles. The number of aromatic nitrogens is 1. The minimum Gasteiger partial charge on any atom is -0.387 e. The van der Waals surface area contributed by atoms with Crippen molar-refractivity contribution in [3.8, 4) is 0 Å². The Morgan fingerprint density at radius 1 is 1.57 bits per heavy atom. The fourth-order valence-electron chi connectivity index (χ4n) is 1.75. The molecule has 1 aliphatic rings. The minimum absolute atomic E-state index is 0.358. The number of aliphatic hydroxyl groups excluding tert-OH is 1. The van der Waals surface area contributed by atoms with Gasteiger partial charge in [-0.25, -0.2) is 4.98 Å². The third kappa shape index (κ3) is 2.07. The van der Waals surface area contributed by atoms with Gasteiger partial charge in [0.25, 0.3) is 0 Å². The number of aliphatic hydroxyl groups is 1. The molecule has 2 rings (SSSR count). The SMILES string of the molecule is OC(c1scnc1Br)C1CC=CCC1. The summed E-state index contributed by atoms with van der Waals surface area (Å²) in [5, 5.41) is 10.1. The zero-order chi connectivity index (χ0) is 9.97. The highest BCUT2D eigenvalue weighted by atomic mass is 79.9. The van der Waals surface area contributed by atoms with Gasteiger partial charge in [-0.05, 0) is 41.1 Å². The third-order valence-electron chi connectivity index (χ3n) is 2.57. The molecular formula is C10H12BrNOS. The van der Waals surface area contributed by atoms with E-state index >= 15 is 0 Å². The van der Waals surface area contributed by atoms with E-state index < -0.39 is 0 Å². The van der Waals surface area contributed by atoms with Gasteiger partial charge in [-0.3, -0.25) is 0 Å². The number of halogens is 1. The first-order valence-electron chi connectivity index (χ1n) is 4.71. The van der Waals surface area contributed by atoms with Gasteiger partial charge in [-0.15, -0.1) is 11.3 Å². The van der Waals surface area contributed by atoms with Crippen molar-refractivity contribution in [3.05, 3.63) is 27.1 Å². The van der Waals surface area contributed by atoms with Gasteiger partial charge in [0.15, 0.2) is 0 Å². The molecule has 1 aliphatic carbocycles. The summed E-state index contributed by atoms with van der Waals surface area (Å²) in [5.74, 6) is 0.358. The Bertz CT molecular complexity index is 337. The average molecular weight is 274 g/mol. The molecule has 4 heteroatoms. The van der Waals surface area contributed by atoms with Crippen LogP contribution in [0.5, 0.6) is 0 Å². The molecule has 2 unspecified atom stereocenters. The van der Waals surface area contributed by atoms with Gasteiger partial charge >= 0.3 is 0 Å². The van der Waals surface area contributed by atoms with Crippen LogP contribution in [0.1, 0.15) is 30.2 Å². The first-order chi connectivity index (χ1) is 6.79. The van der Waals surface area contributed by atoms with Crippen LogP contribution in [0.25, 0.3) is 0 Å². The predicted molar refractivity (Wildman–Crippen MR) is 61.3 cm³/mol.